The third-order valence-corrected chi connectivity index (χ3v) is 5.29. The number of para-hydroxylation sites is 1. The molecule has 2 aromatic carbocycles. The highest BCUT2D eigenvalue weighted by Gasteiger charge is 2.17. The number of aromatic nitrogens is 2. The Morgan fingerprint density at radius 1 is 1.15 bits per heavy atom. The molecule has 0 unspecified atom stereocenters. The molecule has 0 bridgehead atoms. The Kier molecular flexibility index (Phi) is 6.30. The van der Waals surface area contributed by atoms with Crippen LogP contribution in [-0.4, -0.2) is 22.7 Å². The second-order valence-corrected chi connectivity index (χ2v) is 7.32. The number of amides is 1. The molecule has 0 atom stereocenters. The summed E-state index contributed by atoms with van der Waals surface area (Å²) in [5.41, 5.74) is 0.883. The number of hydrogen-bond acceptors (Lipinski definition) is 6. The zero-order valence-corrected chi connectivity index (χ0v) is 15.2. The van der Waals surface area contributed by atoms with Crippen molar-refractivity contribution in [3.63, 3.8) is 0 Å². The number of carbonyl (C=O) groups is 1. The van der Waals surface area contributed by atoms with Crippen LogP contribution in [-0.2, 0) is 5.75 Å². The maximum absolute atomic E-state index is 12.9. The lowest BCUT2D eigenvalue weighted by atomic mass is 10.2. The van der Waals surface area contributed by atoms with Crippen LogP contribution in [0, 0.1) is 5.82 Å². The smallest absolute Gasteiger partial charge is 0.387 e. The molecule has 0 aliphatic heterocycles. The predicted molar refractivity (Wildman–Crippen MR) is 96.9 cm³/mol. The predicted octanol–water partition coefficient (Wildman–Crippen LogP) is 4.82. The van der Waals surface area contributed by atoms with Crippen LogP contribution in [0.5, 0.6) is 5.75 Å². The first-order chi connectivity index (χ1) is 13.0. The van der Waals surface area contributed by atoms with E-state index in [9.17, 15) is 18.0 Å². The van der Waals surface area contributed by atoms with Crippen LogP contribution < -0.4 is 10.1 Å². The van der Waals surface area contributed by atoms with Crippen molar-refractivity contribution in [1.82, 2.24) is 10.2 Å². The van der Waals surface area contributed by atoms with Crippen molar-refractivity contribution in [1.29, 1.82) is 0 Å². The van der Waals surface area contributed by atoms with Crippen molar-refractivity contribution in [2.24, 2.45) is 0 Å². The summed E-state index contributed by atoms with van der Waals surface area (Å²) < 4.78 is 42.7. The fraction of sp³-hybridized carbons (Fsp3) is 0.118. The molecule has 27 heavy (non-hydrogen) atoms. The lowest BCUT2D eigenvalue weighted by Gasteiger charge is -2.09. The number of alkyl halides is 2. The number of nitrogens with one attached hydrogen (secondary N) is 1. The van der Waals surface area contributed by atoms with Crippen LogP contribution in [0.1, 0.15) is 15.9 Å². The molecule has 1 amide bonds. The number of rotatable bonds is 7. The normalized spacial score (nSPS) is 10.8. The summed E-state index contributed by atoms with van der Waals surface area (Å²) in [7, 11) is 0. The van der Waals surface area contributed by atoms with Gasteiger partial charge in [-0.25, -0.2) is 4.39 Å². The average Bonchev–Trinajstić information content (AvgIpc) is 3.08. The zero-order valence-electron chi connectivity index (χ0n) is 13.6. The van der Waals surface area contributed by atoms with Crippen LogP contribution in [0.4, 0.5) is 18.3 Å². The summed E-state index contributed by atoms with van der Waals surface area (Å²) in [6, 6.07) is 11.8. The minimum Gasteiger partial charge on any atom is -0.434 e. The largest absolute Gasteiger partial charge is 0.434 e. The lowest BCUT2D eigenvalue weighted by Crippen LogP contribution is -2.14. The van der Waals surface area contributed by atoms with Gasteiger partial charge in [0.1, 0.15) is 11.6 Å². The summed E-state index contributed by atoms with van der Waals surface area (Å²) in [5.74, 6) is -0.591. The molecule has 10 heteroatoms. The number of halogens is 3. The lowest BCUT2D eigenvalue weighted by molar-refractivity contribution is -0.0501. The quantitative estimate of drug-likeness (QED) is 0.446. The van der Waals surface area contributed by atoms with E-state index >= 15 is 0 Å². The maximum Gasteiger partial charge on any atom is 0.387 e. The van der Waals surface area contributed by atoms with Crippen molar-refractivity contribution < 1.29 is 22.7 Å². The van der Waals surface area contributed by atoms with Gasteiger partial charge in [-0.1, -0.05) is 47.4 Å². The molecule has 1 N–H and O–H groups in total. The van der Waals surface area contributed by atoms with Gasteiger partial charge in [0.05, 0.1) is 5.56 Å². The van der Waals surface area contributed by atoms with E-state index in [-0.39, 0.29) is 22.3 Å². The van der Waals surface area contributed by atoms with Gasteiger partial charge in [0.15, 0.2) is 4.34 Å². The molecule has 0 aliphatic rings. The first-order valence-electron chi connectivity index (χ1n) is 7.57. The van der Waals surface area contributed by atoms with Crippen LogP contribution in [0.25, 0.3) is 0 Å². The Morgan fingerprint density at radius 3 is 2.63 bits per heavy atom. The summed E-state index contributed by atoms with van der Waals surface area (Å²) in [4.78, 5) is 12.3. The standard InChI is InChI=1S/C17H12F3N3O2S2/c18-11-7-5-10(6-8-11)9-26-17-23-22-16(27-17)21-14(24)12-3-1-2-4-13(12)25-15(19)20/h1-8,15H,9H2,(H,21,22,24). The highest BCUT2D eigenvalue weighted by atomic mass is 32.2. The second-order valence-electron chi connectivity index (χ2n) is 5.12. The Labute approximate surface area is 160 Å². The van der Waals surface area contributed by atoms with E-state index in [2.05, 4.69) is 20.3 Å². The molecule has 3 rings (SSSR count). The van der Waals surface area contributed by atoms with Gasteiger partial charge in [0.2, 0.25) is 5.13 Å². The van der Waals surface area contributed by atoms with Crippen molar-refractivity contribution in [3.8, 4) is 5.75 Å². The van der Waals surface area contributed by atoms with Crippen molar-refractivity contribution in [3.05, 3.63) is 65.5 Å². The van der Waals surface area contributed by atoms with E-state index in [0.717, 1.165) is 16.9 Å². The SMILES string of the molecule is O=C(Nc1nnc(SCc2ccc(F)cc2)s1)c1ccccc1OC(F)F. The molecule has 1 aromatic heterocycles. The van der Waals surface area contributed by atoms with E-state index in [1.807, 2.05) is 0 Å². The van der Waals surface area contributed by atoms with Crippen LogP contribution >= 0.6 is 23.1 Å². The average molecular weight is 411 g/mol. The van der Waals surface area contributed by atoms with Gasteiger partial charge in [0.25, 0.3) is 5.91 Å². The summed E-state index contributed by atoms with van der Waals surface area (Å²) in [5, 5.41) is 10.6. The fourth-order valence-corrected chi connectivity index (χ4v) is 3.76. The number of anilines is 1. The van der Waals surface area contributed by atoms with E-state index in [1.165, 1.54) is 48.2 Å². The maximum atomic E-state index is 12.9. The molecule has 0 spiro atoms. The van der Waals surface area contributed by atoms with Crippen LogP contribution in [0.15, 0.2) is 52.9 Å². The second kappa shape index (κ2) is 8.87. The monoisotopic (exact) mass is 411 g/mol. The van der Waals surface area contributed by atoms with Crippen molar-refractivity contribution in [2.75, 3.05) is 5.32 Å². The number of hydrogen-bond donors (Lipinski definition) is 1. The Bertz CT molecular complexity index is 920. The molecule has 1 heterocycles. The topological polar surface area (TPSA) is 64.1 Å². The molecule has 0 saturated heterocycles. The molecule has 3 aromatic rings. The fourth-order valence-electron chi connectivity index (χ4n) is 2.06. The van der Waals surface area contributed by atoms with E-state index in [4.69, 9.17) is 0 Å². The zero-order chi connectivity index (χ0) is 19.2. The Balaban J connectivity index is 1.62. The molecular weight excluding hydrogens is 399 g/mol. The molecule has 0 aliphatic carbocycles. The third kappa shape index (κ3) is 5.44. The number of ether oxygens (including phenoxy) is 1. The molecular formula is C17H12F3N3O2S2. The summed E-state index contributed by atoms with van der Waals surface area (Å²) >= 11 is 2.53. The number of nitrogens with zero attached hydrogens (tertiary/aromatic N) is 2. The van der Waals surface area contributed by atoms with E-state index in [0.29, 0.717) is 10.1 Å². The van der Waals surface area contributed by atoms with Gasteiger partial charge >= 0.3 is 6.61 Å². The summed E-state index contributed by atoms with van der Waals surface area (Å²) in [6.07, 6.45) is 0. The van der Waals surface area contributed by atoms with Gasteiger partial charge < -0.3 is 4.74 Å². The van der Waals surface area contributed by atoms with Crippen LogP contribution in [0.2, 0.25) is 0 Å². The molecule has 0 radical (unpaired) electrons. The van der Waals surface area contributed by atoms with Gasteiger partial charge in [0, 0.05) is 5.75 Å². The minimum absolute atomic E-state index is 0.0338. The van der Waals surface area contributed by atoms with Gasteiger partial charge in [-0.3, -0.25) is 10.1 Å². The van der Waals surface area contributed by atoms with Gasteiger partial charge in [-0.2, -0.15) is 8.78 Å². The third-order valence-electron chi connectivity index (χ3n) is 3.25. The first kappa shape index (κ1) is 19.2. The van der Waals surface area contributed by atoms with Crippen LogP contribution in [0.3, 0.4) is 0 Å². The highest BCUT2D eigenvalue weighted by molar-refractivity contribution is 8.00. The van der Waals surface area contributed by atoms with E-state index in [1.54, 1.807) is 12.1 Å². The van der Waals surface area contributed by atoms with Crippen molar-refractivity contribution >= 4 is 34.1 Å². The number of carbonyl (C=O) groups excluding carboxylic acids is 1. The van der Waals surface area contributed by atoms with Gasteiger partial charge in [-0.15, -0.1) is 10.2 Å². The molecule has 0 saturated carbocycles. The highest BCUT2D eigenvalue weighted by Crippen LogP contribution is 2.29. The van der Waals surface area contributed by atoms with Gasteiger partial charge in [-0.05, 0) is 29.8 Å². The van der Waals surface area contributed by atoms with Crippen molar-refractivity contribution in [2.45, 2.75) is 16.7 Å². The Hall–Kier alpha value is -2.59. The number of thioether (sulfide) groups is 1. The van der Waals surface area contributed by atoms with E-state index < -0.39 is 12.5 Å². The Morgan fingerprint density at radius 2 is 1.89 bits per heavy atom. The first-order valence-corrected chi connectivity index (χ1v) is 9.37. The molecule has 5 nitrogen and oxygen atoms in total. The minimum atomic E-state index is -3.03. The number of benzene rings is 2. The molecule has 140 valence electrons. The summed E-state index contributed by atoms with van der Waals surface area (Å²) in [6.45, 7) is -3.03. The molecule has 0 fully saturated rings.